The van der Waals surface area contributed by atoms with Gasteiger partial charge in [-0.15, -0.1) is 0 Å². The molecular weight excluding hydrogens is 234 g/mol. The molecule has 0 radical (unpaired) electrons. The topological polar surface area (TPSA) is 46.2 Å². The van der Waals surface area contributed by atoms with E-state index in [-0.39, 0.29) is 12.0 Å². The Hall–Kier alpha value is -1.64. The van der Waals surface area contributed by atoms with Crippen molar-refractivity contribution in [2.45, 2.75) is 26.0 Å². The summed E-state index contributed by atoms with van der Waals surface area (Å²) >= 11 is 0. The molecule has 2 heteroatoms. The Morgan fingerprint density at radius 1 is 0.895 bits per heavy atom. The van der Waals surface area contributed by atoms with Crippen molar-refractivity contribution in [1.29, 1.82) is 0 Å². The summed E-state index contributed by atoms with van der Waals surface area (Å²) in [5.74, 6) is -0.0369. The van der Waals surface area contributed by atoms with Crippen LogP contribution in [0.1, 0.15) is 35.8 Å². The van der Waals surface area contributed by atoms with E-state index in [9.17, 15) is 5.11 Å². The molecule has 0 aromatic heterocycles. The molecule has 0 aliphatic carbocycles. The lowest BCUT2D eigenvalue weighted by atomic mass is 9.87. The van der Waals surface area contributed by atoms with Gasteiger partial charge in [0.1, 0.15) is 0 Å². The standard InChI is InChI=1S/C17H21NO/c1-12-8-10-14(11-9-12)16(18)13(2)17(19)15-6-4-3-5-7-15/h3-11,13,16-17,19H,18H2,1-2H3/t13-,16-,17?/m1/s1. The summed E-state index contributed by atoms with van der Waals surface area (Å²) in [5, 5.41) is 10.4. The van der Waals surface area contributed by atoms with Crippen molar-refractivity contribution in [3.63, 3.8) is 0 Å². The minimum atomic E-state index is -0.544. The summed E-state index contributed by atoms with van der Waals surface area (Å²) in [4.78, 5) is 0. The number of rotatable bonds is 4. The Kier molecular flexibility index (Phi) is 4.35. The van der Waals surface area contributed by atoms with Crippen LogP contribution in [0.2, 0.25) is 0 Å². The van der Waals surface area contributed by atoms with Gasteiger partial charge in [-0.3, -0.25) is 0 Å². The Morgan fingerprint density at radius 2 is 1.47 bits per heavy atom. The van der Waals surface area contributed by atoms with E-state index < -0.39 is 6.10 Å². The second-order valence-corrected chi connectivity index (χ2v) is 5.15. The molecule has 3 atom stereocenters. The SMILES string of the molecule is Cc1ccc([C@H](N)[C@@H](C)C(O)c2ccccc2)cc1. The molecule has 2 aromatic carbocycles. The van der Waals surface area contributed by atoms with Crippen LogP contribution in [0.25, 0.3) is 0 Å². The van der Waals surface area contributed by atoms with E-state index in [1.165, 1.54) is 5.56 Å². The van der Waals surface area contributed by atoms with Gasteiger partial charge in [0, 0.05) is 12.0 Å². The molecule has 0 saturated heterocycles. The smallest absolute Gasteiger partial charge is 0.0833 e. The molecule has 0 saturated carbocycles. The molecule has 0 heterocycles. The lowest BCUT2D eigenvalue weighted by Crippen LogP contribution is -2.24. The maximum atomic E-state index is 10.4. The first-order valence-electron chi connectivity index (χ1n) is 6.64. The van der Waals surface area contributed by atoms with Crippen molar-refractivity contribution in [1.82, 2.24) is 0 Å². The van der Waals surface area contributed by atoms with E-state index in [1.807, 2.05) is 49.4 Å². The summed E-state index contributed by atoms with van der Waals surface area (Å²) in [5.41, 5.74) is 9.46. The van der Waals surface area contributed by atoms with Crippen LogP contribution in [0, 0.1) is 12.8 Å². The zero-order valence-corrected chi connectivity index (χ0v) is 11.5. The molecule has 0 aliphatic rings. The number of aliphatic hydroxyl groups excluding tert-OH is 1. The average molecular weight is 255 g/mol. The Labute approximate surface area is 114 Å². The van der Waals surface area contributed by atoms with Crippen LogP contribution >= 0.6 is 0 Å². The number of hydrogen-bond acceptors (Lipinski definition) is 2. The Balaban J connectivity index is 2.15. The maximum absolute atomic E-state index is 10.4. The monoisotopic (exact) mass is 255 g/mol. The fraction of sp³-hybridized carbons (Fsp3) is 0.294. The molecule has 2 rings (SSSR count). The third-order valence-corrected chi connectivity index (χ3v) is 3.67. The van der Waals surface area contributed by atoms with Gasteiger partial charge < -0.3 is 10.8 Å². The van der Waals surface area contributed by atoms with Crippen LogP contribution in [0.4, 0.5) is 0 Å². The van der Waals surface area contributed by atoms with Gasteiger partial charge in [0.15, 0.2) is 0 Å². The highest BCUT2D eigenvalue weighted by atomic mass is 16.3. The van der Waals surface area contributed by atoms with Gasteiger partial charge >= 0.3 is 0 Å². The Bertz CT molecular complexity index is 507. The van der Waals surface area contributed by atoms with E-state index in [2.05, 4.69) is 19.1 Å². The number of nitrogens with two attached hydrogens (primary N) is 1. The zero-order chi connectivity index (χ0) is 13.8. The van der Waals surface area contributed by atoms with E-state index in [1.54, 1.807) is 0 Å². The van der Waals surface area contributed by atoms with Crippen molar-refractivity contribution in [2.24, 2.45) is 11.7 Å². The van der Waals surface area contributed by atoms with Crippen LogP contribution in [0.15, 0.2) is 54.6 Å². The van der Waals surface area contributed by atoms with E-state index in [0.29, 0.717) is 0 Å². The molecule has 0 amide bonds. The minimum Gasteiger partial charge on any atom is -0.388 e. The highest BCUT2D eigenvalue weighted by Gasteiger charge is 2.23. The van der Waals surface area contributed by atoms with Crippen LogP contribution in [-0.4, -0.2) is 5.11 Å². The van der Waals surface area contributed by atoms with Crippen LogP contribution < -0.4 is 5.73 Å². The van der Waals surface area contributed by atoms with Gasteiger partial charge in [0.2, 0.25) is 0 Å². The molecule has 1 unspecified atom stereocenters. The lowest BCUT2D eigenvalue weighted by molar-refractivity contribution is 0.103. The van der Waals surface area contributed by atoms with Crippen molar-refractivity contribution >= 4 is 0 Å². The summed E-state index contributed by atoms with van der Waals surface area (Å²) in [6.45, 7) is 4.04. The first-order valence-corrected chi connectivity index (χ1v) is 6.64. The fourth-order valence-corrected chi connectivity index (χ4v) is 2.24. The van der Waals surface area contributed by atoms with Gasteiger partial charge in [0.25, 0.3) is 0 Å². The van der Waals surface area contributed by atoms with Crippen molar-refractivity contribution in [3.8, 4) is 0 Å². The van der Waals surface area contributed by atoms with E-state index in [4.69, 9.17) is 5.73 Å². The molecule has 0 aliphatic heterocycles. The Morgan fingerprint density at radius 3 is 2.05 bits per heavy atom. The fourth-order valence-electron chi connectivity index (χ4n) is 2.24. The van der Waals surface area contributed by atoms with Crippen molar-refractivity contribution < 1.29 is 5.11 Å². The third kappa shape index (κ3) is 3.22. The highest BCUT2D eigenvalue weighted by Crippen LogP contribution is 2.30. The van der Waals surface area contributed by atoms with E-state index >= 15 is 0 Å². The maximum Gasteiger partial charge on any atom is 0.0833 e. The van der Waals surface area contributed by atoms with Gasteiger partial charge in [-0.1, -0.05) is 67.1 Å². The quantitative estimate of drug-likeness (QED) is 0.880. The molecule has 3 N–H and O–H groups in total. The van der Waals surface area contributed by atoms with Crippen LogP contribution in [0.3, 0.4) is 0 Å². The number of aliphatic hydroxyl groups is 1. The van der Waals surface area contributed by atoms with E-state index in [0.717, 1.165) is 11.1 Å². The first-order chi connectivity index (χ1) is 9.09. The predicted molar refractivity (Wildman–Crippen MR) is 78.7 cm³/mol. The average Bonchev–Trinajstić information content (AvgIpc) is 2.46. The molecule has 0 bridgehead atoms. The summed E-state index contributed by atoms with van der Waals surface area (Å²) < 4.78 is 0. The summed E-state index contributed by atoms with van der Waals surface area (Å²) in [7, 11) is 0. The molecule has 19 heavy (non-hydrogen) atoms. The van der Waals surface area contributed by atoms with Crippen LogP contribution in [0.5, 0.6) is 0 Å². The largest absolute Gasteiger partial charge is 0.388 e. The molecule has 0 fully saturated rings. The molecule has 2 nitrogen and oxygen atoms in total. The van der Waals surface area contributed by atoms with Gasteiger partial charge in [0.05, 0.1) is 6.10 Å². The van der Waals surface area contributed by atoms with Crippen molar-refractivity contribution in [3.05, 3.63) is 71.3 Å². The van der Waals surface area contributed by atoms with Crippen molar-refractivity contribution in [2.75, 3.05) is 0 Å². The van der Waals surface area contributed by atoms with Gasteiger partial charge in [-0.2, -0.15) is 0 Å². The number of aryl methyl sites for hydroxylation is 1. The molecule has 0 spiro atoms. The summed E-state index contributed by atoms with van der Waals surface area (Å²) in [6.07, 6.45) is -0.544. The molecular formula is C17H21NO. The second kappa shape index (κ2) is 6.00. The van der Waals surface area contributed by atoms with Gasteiger partial charge in [-0.25, -0.2) is 0 Å². The molecule has 2 aromatic rings. The summed E-state index contributed by atoms with van der Waals surface area (Å²) in [6, 6.07) is 17.7. The normalized spacial score (nSPS) is 15.8. The van der Waals surface area contributed by atoms with Crippen LogP contribution in [-0.2, 0) is 0 Å². The number of benzene rings is 2. The highest BCUT2D eigenvalue weighted by molar-refractivity contribution is 5.26. The predicted octanol–water partition coefficient (Wildman–Crippen LogP) is 3.36. The third-order valence-electron chi connectivity index (χ3n) is 3.67. The first kappa shape index (κ1) is 13.8. The number of hydrogen-bond donors (Lipinski definition) is 2. The second-order valence-electron chi connectivity index (χ2n) is 5.15. The van der Waals surface area contributed by atoms with Gasteiger partial charge in [-0.05, 0) is 18.1 Å². The lowest BCUT2D eigenvalue weighted by Gasteiger charge is -2.25. The molecule has 100 valence electrons. The zero-order valence-electron chi connectivity index (χ0n) is 11.5. The minimum absolute atomic E-state index is 0.0369.